The van der Waals surface area contributed by atoms with Gasteiger partial charge in [-0.05, 0) is 65.4 Å². The lowest BCUT2D eigenvalue weighted by Crippen LogP contribution is -2.50. The summed E-state index contributed by atoms with van der Waals surface area (Å²) in [5.74, 6) is 0.881. The summed E-state index contributed by atoms with van der Waals surface area (Å²) < 4.78 is 8.40. The standard InChI is InChI=1S/C24H35N3O2Si/c1-9-19-14-25-23-22(18(19)8)26-24(28)27(23)20-10-12-21(13-11-20)29-30(15(2)3,16(4)5)17(6)7/h10-17H,9H2,1-8H3,(H,26,28). The van der Waals surface area contributed by atoms with Crippen LogP contribution in [0.5, 0.6) is 5.75 Å². The van der Waals surface area contributed by atoms with Crippen LogP contribution < -0.4 is 10.1 Å². The van der Waals surface area contributed by atoms with Gasteiger partial charge in [0.1, 0.15) is 5.75 Å². The Morgan fingerprint density at radius 3 is 2.10 bits per heavy atom. The van der Waals surface area contributed by atoms with E-state index in [0.29, 0.717) is 22.3 Å². The second-order valence-corrected chi connectivity index (χ2v) is 14.5. The van der Waals surface area contributed by atoms with Crippen LogP contribution in [0.1, 0.15) is 59.6 Å². The van der Waals surface area contributed by atoms with Gasteiger partial charge in [0.2, 0.25) is 0 Å². The number of aryl methyl sites for hydroxylation is 2. The number of H-pyrrole nitrogens is 1. The fourth-order valence-corrected chi connectivity index (χ4v) is 10.3. The Balaban J connectivity index is 2.02. The summed E-state index contributed by atoms with van der Waals surface area (Å²) >= 11 is 0. The van der Waals surface area contributed by atoms with Crippen LogP contribution in [-0.2, 0) is 6.42 Å². The number of pyridine rings is 1. The van der Waals surface area contributed by atoms with Crippen molar-refractivity contribution in [1.82, 2.24) is 14.5 Å². The van der Waals surface area contributed by atoms with Crippen LogP contribution in [0.3, 0.4) is 0 Å². The number of hydrogen-bond acceptors (Lipinski definition) is 3. The summed E-state index contributed by atoms with van der Waals surface area (Å²) in [4.78, 5) is 20.3. The fraction of sp³-hybridized carbons (Fsp3) is 0.500. The van der Waals surface area contributed by atoms with Gasteiger partial charge in [-0.15, -0.1) is 0 Å². The molecule has 0 spiro atoms. The number of aromatic nitrogens is 3. The average molecular weight is 426 g/mol. The van der Waals surface area contributed by atoms with E-state index in [2.05, 4.69) is 58.4 Å². The molecule has 0 atom stereocenters. The molecule has 162 valence electrons. The zero-order valence-corrected chi connectivity index (χ0v) is 20.5. The van der Waals surface area contributed by atoms with Gasteiger partial charge in [-0.3, -0.25) is 0 Å². The van der Waals surface area contributed by atoms with E-state index in [-0.39, 0.29) is 5.69 Å². The minimum atomic E-state index is -2.01. The molecular weight excluding hydrogens is 390 g/mol. The van der Waals surface area contributed by atoms with Crippen molar-refractivity contribution in [2.75, 3.05) is 0 Å². The van der Waals surface area contributed by atoms with Gasteiger partial charge >= 0.3 is 5.69 Å². The molecule has 0 bridgehead atoms. The van der Waals surface area contributed by atoms with Crippen molar-refractivity contribution in [1.29, 1.82) is 0 Å². The summed E-state index contributed by atoms with van der Waals surface area (Å²) in [7, 11) is -2.01. The zero-order chi connectivity index (χ0) is 22.2. The summed E-state index contributed by atoms with van der Waals surface area (Å²) in [6.07, 6.45) is 2.76. The third-order valence-corrected chi connectivity index (χ3v) is 12.6. The lowest BCUT2D eigenvalue weighted by atomic mass is 10.1. The van der Waals surface area contributed by atoms with Gasteiger partial charge in [-0.2, -0.15) is 0 Å². The number of nitrogens with zero attached hydrogens (tertiary/aromatic N) is 2. The van der Waals surface area contributed by atoms with Gasteiger partial charge < -0.3 is 9.41 Å². The highest BCUT2D eigenvalue weighted by Crippen LogP contribution is 2.42. The second-order valence-electron chi connectivity index (χ2n) is 9.14. The summed E-state index contributed by atoms with van der Waals surface area (Å²) in [6, 6.07) is 7.88. The smallest absolute Gasteiger partial charge is 0.332 e. The van der Waals surface area contributed by atoms with E-state index in [4.69, 9.17) is 4.43 Å². The van der Waals surface area contributed by atoms with Gasteiger partial charge in [-0.1, -0.05) is 48.5 Å². The second kappa shape index (κ2) is 8.42. The van der Waals surface area contributed by atoms with E-state index in [1.807, 2.05) is 37.4 Å². The molecule has 0 aliphatic heterocycles. The average Bonchev–Trinajstić information content (AvgIpc) is 3.03. The highest BCUT2D eigenvalue weighted by Gasteiger charge is 2.46. The Hall–Kier alpha value is -2.34. The molecule has 0 unspecified atom stereocenters. The van der Waals surface area contributed by atoms with Crippen molar-refractivity contribution in [2.45, 2.75) is 78.4 Å². The topological polar surface area (TPSA) is 59.9 Å². The number of fused-ring (bicyclic) bond motifs is 1. The molecule has 0 fully saturated rings. The first-order valence-corrected chi connectivity index (χ1v) is 13.2. The lowest BCUT2D eigenvalue weighted by Gasteiger charge is -2.42. The first-order valence-electron chi connectivity index (χ1n) is 11.0. The van der Waals surface area contributed by atoms with Crippen molar-refractivity contribution in [2.24, 2.45) is 0 Å². The fourth-order valence-electron chi connectivity index (χ4n) is 5.02. The molecule has 1 aromatic carbocycles. The van der Waals surface area contributed by atoms with Gasteiger partial charge in [0.25, 0.3) is 8.32 Å². The van der Waals surface area contributed by atoms with Crippen LogP contribution in [0.15, 0.2) is 35.3 Å². The first-order chi connectivity index (χ1) is 14.1. The van der Waals surface area contributed by atoms with E-state index in [9.17, 15) is 4.79 Å². The van der Waals surface area contributed by atoms with Crippen LogP contribution in [0.25, 0.3) is 16.9 Å². The molecule has 2 heterocycles. The highest BCUT2D eigenvalue weighted by atomic mass is 28.4. The first kappa shape index (κ1) is 22.3. The molecule has 0 amide bonds. The Morgan fingerprint density at radius 1 is 1.03 bits per heavy atom. The molecule has 0 aliphatic carbocycles. The quantitative estimate of drug-likeness (QED) is 0.463. The molecule has 1 N–H and O–H groups in total. The predicted molar refractivity (Wildman–Crippen MR) is 127 cm³/mol. The molecule has 30 heavy (non-hydrogen) atoms. The minimum absolute atomic E-state index is 0.169. The Labute approximate surface area is 180 Å². The van der Waals surface area contributed by atoms with E-state index in [1.54, 1.807) is 4.57 Å². The Kier molecular flexibility index (Phi) is 6.27. The third kappa shape index (κ3) is 3.62. The number of hydrogen-bond donors (Lipinski definition) is 1. The Bertz CT molecular complexity index is 1060. The number of nitrogens with one attached hydrogen (secondary N) is 1. The van der Waals surface area contributed by atoms with Crippen LogP contribution in [0.4, 0.5) is 0 Å². The molecule has 6 heteroatoms. The maximum absolute atomic E-state index is 12.7. The number of benzene rings is 1. The SMILES string of the molecule is CCc1cnc2c([nH]c(=O)n2-c2ccc(O[Si](C(C)C)(C(C)C)C(C)C)cc2)c1C. The molecule has 0 radical (unpaired) electrons. The van der Waals surface area contributed by atoms with Gasteiger partial charge in [0.15, 0.2) is 5.65 Å². The number of rotatable bonds is 7. The third-order valence-electron chi connectivity index (χ3n) is 6.55. The van der Waals surface area contributed by atoms with Crippen molar-refractivity contribution in [3.05, 3.63) is 52.1 Å². The molecule has 5 nitrogen and oxygen atoms in total. The van der Waals surface area contributed by atoms with Crippen molar-refractivity contribution >= 4 is 19.5 Å². The molecule has 2 aromatic heterocycles. The molecule has 0 saturated heterocycles. The Morgan fingerprint density at radius 2 is 1.60 bits per heavy atom. The van der Waals surface area contributed by atoms with Gasteiger partial charge in [-0.25, -0.2) is 14.3 Å². The summed E-state index contributed by atoms with van der Waals surface area (Å²) in [5.41, 5.74) is 5.86. The predicted octanol–water partition coefficient (Wildman–Crippen LogP) is 6.14. The van der Waals surface area contributed by atoms with Gasteiger partial charge in [0, 0.05) is 6.20 Å². The van der Waals surface area contributed by atoms with Crippen LogP contribution >= 0.6 is 0 Å². The minimum Gasteiger partial charge on any atom is -0.543 e. The van der Waals surface area contributed by atoms with Crippen molar-refractivity contribution in [3.8, 4) is 11.4 Å². The molecule has 3 aromatic rings. The summed E-state index contributed by atoms with van der Waals surface area (Å²) in [6.45, 7) is 17.8. The van der Waals surface area contributed by atoms with Crippen LogP contribution in [0.2, 0.25) is 16.6 Å². The van der Waals surface area contributed by atoms with E-state index >= 15 is 0 Å². The van der Waals surface area contributed by atoms with E-state index < -0.39 is 8.32 Å². The molecule has 0 aliphatic rings. The maximum Gasteiger partial charge on any atom is 0.332 e. The van der Waals surface area contributed by atoms with Crippen molar-refractivity contribution in [3.63, 3.8) is 0 Å². The summed E-state index contributed by atoms with van der Waals surface area (Å²) in [5, 5.41) is 0. The molecule has 3 rings (SSSR count). The van der Waals surface area contributed by atoms with Crippen LogP contribution in [-0.4, -0.2) is 22.9 Å². The zero-order valence-electron chi connectivity index (χ0n) is 19.5. The maximum atomic E-state index is 12.7. The van der Waals surface area contributed by atoms with E-state index in [0.717, 1.165) is 34.5 Å². The number of imidazole rings is 1. The number of aromatic amines is 1. The van der Waals surface area contributed by atoms with Crippen LogP contribution in [0, 0.1) is 6.92 Å². The van der Waals surface area contributed by atoms with E-state index in [1.165, 1.54) is 0 Å². The van der Waals surface area contributed by atoms with Gasteiger partial charge in [0.05, 0.1) is 11.2 Å². The lowest BCUT2D eigenvalue weighted by molar-refractivity contribution is 0.479. The monoisotopic (exact) mass is 425 g/mol. The normalized spacial score (nSPS) is 12.5. The molecule has 0 saturated carbocycles. The van der Waals surface area contributed by atoms with Crippen molar-refractivity contribution < 1.29 is 4.43 Å². The largest absolute Gasteiger partial charge is 0.543 e. The molecular formula is C24H35N3O2Si. The highest BCUT2D eigenvalue weighted by molar-refractivity contribution is 6.78.